The van der Waals surface area contributed by atoms with Crippen molar-refractivity contribution in [2.24, 2.45) is 0 Å². The van der Waals surface area contributed by atoms with E-state index in [-0.39, 0.29) is 24.1 Å². The van der Waals surface area contributed by atoms with E-state index in [9.17, 15) is 9.59 Å². The van der Waals surface area contributed by atoms with Crippen LogP contribution in [0.4, 0.5) is 5.69 Å². The molecule has 1 N–H and O–H groups in total. The molecule has 1 amide bonds. The molecule has 0 radical (unpaired) electrons. The van der Waals surface area contributed by atoms with Gasteiger partial charge in [-0.3, -0.25) is 14.2 Å². The summed E-state index contributed by atoms with van der Waals surface area (Å²) in [4.78, 5) is 36.1. The van der Waals surface area contributed by atoms with Gasteiger partial charge in [-0.15, -0.1) is 0 Å². The van der Waals surface area contributed by atoms with Crippen molar-refractivity contribution >= 4 is 22.5 Å². The molecule has 1 aliphatic heterocycles. The summed E-state index contributed by atoms with van der Waals surface area (Å²) in [5.74, 6) is 0.879. The predicted octanol–water partition coefficient (Wildman–Crippen LogP) is 3.13. The molecule has 1 fully saturated rings. The number of methoxy groups -OCH3 is 1. The summed E-state index contributed by atoms with van der Waals surface area (Å²) in [6, 6.07) is 13.3. The van der Waals surface area contributed by atoms with Gasteiger partial charge in [0.1, 0.15) is 18.1 Å². The van der Waals surface area contributed by atoms with Gasteiger partial charge in [-0.05, 0) is 63.7 Å². The molecule has 1 saturated heterocycles. The lowest BCUT2D eigenvalue weighted by Gasteiger charge is -2.24. The number of rotatable bonds is 7. The number of carbonyl (C=O) groups excluding carboxylic acids is 1. The Morgan fingerprint density at radius 3 is 2.69 bits per heavy atom. The van der Waals surface area contributed by atoms with E-state index in [0.29, 0.717) is 22.5 Å². The summed E-state index contributed by atoms with van der Waals surface area (Å²) >= 11 is 0. The number of hydrogen-bond donors (Lipinski definition) is 1. The lowest BCUT2D eigenvalue weighted by molar-refractivity contribution is -0.122. The third-order valence-electron chi connectivity index (χ3n) is 6.42. The molecule has 8 heteroatoms. The van der Waals surface area contributed by atoms with E-state index >= 15 is 0 Å². The van der Waals surface area contributed by atoms with Gasteiger partial charge in [0.15, 0.2) is 0 Å². The number of hydrogen-bond acceptors (Lipinski definition) is 6. The highest BCUT2D eigenvalue weighted by Gasteiger charge is 2.19. The fraction of sp³-hybridized carbons (Fsp3) is 0.444. The second-order valence-electron chi connectivity index (χ2n) is 9.26. The van der Waals surface area contributed by atoms with Gasteiger partial charge in [0, 0.05) is 36.9 Å². The number of nitrogens with zero attached hydrogens (tertiary/aromatic N) is 4. The molecule has 4 rings (SSSR count). The van der Waals surface area contributed by atoms with Crippen molar-refractivity contribution in [2.75, 3.05) is 44.7 Å². The third kappa shape index (κ3) is 5.65. The zero-order valence-electron chi connectivity index (χ0n) is 21.1. The Hall–Kier alpha value is -3.39. The number of ether oxygens (including phenoxy) is 1. The molecular weight excluding hydrogens is 442 g/mol. The number of amides is 1. The molecule has 0 aliphatic carbocycles. The standard InChI is InChI=1S/C27H35N5O3/c1-5-30-12-7-13-31(15-14-30)21-10-11-24-23(17-21)27(34)32(18-25(33)28-19(2)3)26(29-24)20-8-6-9-22(16-20)35-4/h6,8-11,16-17,19H,5,7,12-15,18H2,1-4H3,(H,28,33). The van der Waals surface area contributed by atoms with Gasteiger partial charge in [-0.1, -0.05) is 19.1 Å². The van der Waals surface area contributed by atoms with Crippen LogP contribution in [-0.4, -0.2) is 66.2 Å². The molecule has 0 spiro atoms. The van der Waals surface area contributed by atoms with Gasteiger partial charge < -0.3 is 19.9 Å². The Morgan fingerprint density at radius 2 is 1.94 bits per heavy atom. The van der Waals surface area contributed by atoms with Crippen LogP contribution in [-0.2, 0) is 11.3 Å². The van der Waals surface area contributed by atoms with E-state index in [1.807, 2.05) is 56.3 Å². The minimum Gasteiger partial charge on any atom is -0.497 e. The van der Waals surface area contributed by atoms with Crippen LogP contribution in [0.5, 0.6) is 5.75 Å². The van der Waals surface area contributed by atoms with Gasteiger partial charge in [0.25, 0.3) is 5.56 Å². The maximum Gasteiger partial charge on any atom is 0.262 e. The lowest BCUT2D eigenvalue weighted by atomic mass is 10.1. The molecule has 2 heterocycles. The van der Waals surface area contributed by atoms with Crippen molar-refractivity contribution in [3.05, 3.63) is 52.8 Å². The molecule has 0 atom stereocenters. The second-order valence-corrected chi connectivity index (χ2v) is 9.26. The van der Waals surface area contributed by atoms with Crippen LogP contribution in [0.3, 0.4) is 0 Å². The highest BCUT2D eigenvalue weighted by molar-refractivity contribution is 5.84. The SMILES string of the molecule is CCN1CCCN(c2ccc3nc(-c4cccc(OC)c4)n(CC(=O)NC(C)C)c(=O)c3c2)CC1. The Morgan fingerprint density at radius 1 is 1.11 bits per heavy atom. The summed E-state index contributed by atoms with van der Waals surface area (Å²) in [7, 11) is 1.60. The number of fused-ring (bicyclic) bond motifs is 1. The second kappa shape index (κ2) is 10.9. The van der Waals surface area contributed by atoms with Crippen LogP contribution in [0.2, 0.25) is 0 Å². The van der Waals surface area contributed by atoms with E-state index in [1.165, 1.54) is 4.57 Å². The molecule has 186 valence electrons. The van der Waals surface area contributed by atoms with Crippen LogP contribution >= 0.6 is 0 Å². The highest BCUT2D eigenvalue weighted by Crippen LogP contribution is 2.26. The molecule has 1 aromatic heterocycles. The van der Waals surface area contributed by atoms with E-state index in [0.717, 1.165) is 50.4 Å². The molecule has 1 aliphatic rings. The van der Waals surface area contributed by atoms with Gasteiger partial charge in [-0.2, -0.15) is 0 Å². The molecule has 0 unspecified atom stereocenters. The number of carbonyl (C=O) groups is 1. The molecule has 3 aromatic rings. The fourth-order valence-corrected chi connectivity index (χ4v) is 4.59. The van der Waals surface area contributed by atoms with Crippen molar-refractivity contribution in [3.8, 4) is 17.1 Å². The Labute approximate surface area is 206 Å². The first-order chi connectivity index (χ1) is 16.9. The monoisotopic (exact) mass is 477 g/mol. The van der Waals surface area contributed by atoms with E-state index < -0.39 is 0 Å². The van der Waals surface area contributed by atoms with Gasteiger partial charge in [-0.25, -0.2) is 4.98 Å². The topological polar surface area (TPSA) is 79.7 Å². The number of nitrogens with one attached hydrogen (secondary N) is 1. The largest absolute Gasteiger partial charge is 0.497 e. The zero-order chi connectivity index (χ0) is 24.9. The molecule has 0 saturated carbocycles. The third-order valence-corrected chi connectivity index (χ3v) is 6.42. The summed E-state index contributed by atoms with van der Waals surface area (Å²) in [5.41, 5.74) is 2.12. The minimum absolute atomic E-state index is 0.0239. The van der Waals surface area contributed by atoms with E-state index in [1.54, 1.807) is 7.11 Å². The zero-order valence-corrected chi connectivity index (χ0v) is 21.1. The van der Waals surface area contributed by atoms with Crippen molar-refractivity contribution in [2.45, 2.75) is 39.8 Å². The van der Waals surface area contributed by atoms with Crippen LogP contribution in [0, 0.1) is 0 Å². The average Bonchev–Trinajstić information content (AvgIpc) is 3.11. The van der Waals surface area contributed by atoms with Crippen LogP contribution in [0.1, 0.15) is 27.2 Å². The number of aromatic nitrogens is 2. The van der Waals surface area contributed by atoms with Gasteiger partial charge in [0.2, 0.25) is 5.91 Å². The number of benzene rings is 2. The van der Waals surface area contributed by atoms with Crippen molar-refractivity contribution < 1.29 is 9.53 Å². The predicted molar refractivity (Wildman–Crippen MR) is 140 cm³/mol. The van der Waals surface area contributed by atoms with E-state index in [4.69, 9.17) is 9.72 Å². The summed E-state index contributed by atoms with van der Waals surface area (Å²) in [5, 5.41) is 3.40. The Bertz CT molecular complexity index is 1250. The Balaban J connectivity index is 1.80. The summed E-state index contributed by atoms with van der Waals surface area (Å²) in [6.45, 7) is 10.9. The maximum atomic E-state index is 13.8. The molecule has 35 heavy (non-hydrogen) atoms. The molecule has 8 nitrogen and oxygen atoms in total. The lowest BCUT2D eigenvalue weighted by Crippen LogP contribution is -2.37. The summed E-state index contributed by atoms with van der Waals surface area (Å²) < 4.78 is 6.85. The van der Waals surface area contributed by atoms with Crippen LogP contribution in [0.15, 0.2) is 47.3 Å². The number of anilines is 1. The van der Waals surface area contributed by atoms with Crippen LogP contribution in [0.25, 0.3) is 22.3 Å². The highest BCUT2D eigenvalue weighted by atomic mass is 16.5. The summed E-state index contributed by atoms with van der Waals surface area (Å²) in [6.07, 6.45) is 1.08. The first-order valence-electron chi connectivity index (χ1n) is 12.3. The van der Waals surface area contributed by atoms with Crippen LogP contribution < -0.4 is 20.5 Å². The maximum absolute atomic E-state index is 13.8. The van der Waals surface area contributed by atoms with Crippen molar-refractivity contribution in [3.63, 3.8) is 0 Å². The Kier molecular flexibility index (Phi) is 7.70. The van der Waals surface area contributed by atoms with Gasteiger partial charge in [0.05, 0.1) is 18.0 Å². The first-order valence-corrected chi connectivity index (χ1v) is 12.3. The fourth-order valence-electron chi connectivity index (χ4n) is 4.59. The molecule has 0 bridgehead atoms. The molecular formula is C27H35N5O3. The normalized spacial score (nSPS) is 14.8. The quantitative estimate of drug-likeness (QED) is 0.563. The van der Waals surface area contributed by atoms with Crippen molar-refractivity contribution in [1.82, 2.24) is 19.8 Å². The van der Waals surface area contributed by atoms with Gasteiger partial charge >= 0.3 is 0 Å². The minimum atomic E-state index is -0.226. The first kappa shape index (κ1) is 24.7. The van der Waals surface area contributed by atoms with Crippen molar-refractivity contribution in [1.29, 1.82) is 0 Å². The number of likely N-dealkylation sites (N-methyl/N-ethyl adjacent to an activating group) is 1. The smallest absolute Gasteiger partial charge is 0.262 e. The average molecular weight is 478 g/mol. The van der Waals surface area contributed by atoms with E-state index in [2.05, 4.69) is 22.0 Å². The molecule has 2 aromatic carbocycles.